The van der Waals surface area contributed by atoms with Crippen LogP contribution in [0.25, 0.3) is 10.9 Å². The van der Waals surface area contributed by atoms with Crippen LogP contribution in [0.15, 0.2) is 24.3 Å². The number of aromatic amines is 1. The molecule has 2 heterocycles. The summed E-state index contributed by atoms with van der Waals surface area (Å²) in [6.45, 7) is 8.15. The lowest BCUT2D eigenvalue weighted by Crippen LogP contribution is -2.38. The summed E-state index contributed by atoms with van der Waals surface area (Å²) in [4.78, 5) is 17.0. The second kappa shape index (κ2) is 6.48. The predicted molar refractivity (Wildman–Crippen MR) is 87.7 cm³/mol. The average molecular weight is 300 g/mol. The van der Waals surface area contributed by atoms with Crippen molar-refractivity contribution in [3.05, 3.63) is 30.0 Å². The number of hydrogen-bond acceptors (Lipinski definition) is 3. The van der Waals surface area contributed by atoms with Crippen LogP contribution in [0.4, 0.5) is 0 Å². The quantitative estimate of drug-likeness (QED) is 0.944. The van der Waals surface area contributed by atoms with E-state index < -0.39 is 0 Å². The topological polar surface area (TPSA) is 52.2 Å². The van der Waals surface area contributed by atoms with Crippen LogP contribution < -0.4 is 0 Å². The third-order valence-electron chi connectivity index (χ3n) is 4.48. The number of benzene rings is 1. The lowest BCUT2D eigenvalue weighted by atomic mass is 10.1. The Kier molecular flexibility index (Phi) is 4.43. The molecule has 1 saturated heterocycles. The first-order valence-corrected chi connectivity index (χ1v) is 8.09. The number of para-hydroxylation sites is 1. The normalized spacial score (nSPS) is 17.1. The highest BCUT2D eigenvalue weighted by molar-refractivity contribution is 5.87. The maximum atomic E-state index is 12.6. The Morgan fingerprint density at radius 2 is 2.05 bits per heavy atom. The van der Waals surface area contributed by atoms with Gasteiger partial charge in [0, 0.05) is 37.6 Å². The molecular weight excluding hydrogens is 276 g/mol. The van der Waals surface area contributed by atoms with Crippen LogP contribution >= 0.6 is 0 Å². The van der Waals surface area contributed by atoms with Gasteiger partial charge in [-0.05, 0) is 26.3 Å². The van der Waals surface area contributed by atoms with Gasteiger partial charge in [-0.3, -0.25) is 14.8 Å². The minimum atomic E-state index is 0.194. The van der Waals surface area contributed by atoms with Crippen molar-refractivity contribution in [1.29, 1.82) is 0 Å². The lowest BCUT2D eigenvalue weighted by Gasteiger charge is -2.24. The molecular formula is C17H24N4O. The number of hydrogen-bond donors (Lipinski definition) is 1. The van der Waals surface area contributed by atoms with Crippen molar-refractivity contribution in [2.75, 3.05) is 26.2 Å². The van der Waals surface area contributed by atoms with Gasteiger partial charge in [-0.15, -0.1) is 0 Å². The van der Waals surface area contributed by atoms with Gasteiger partial charge in [-0.2, -0.15) is 5.10 Å². The average Bonchev–Trinajstić information content (AvgIpc) is 2.75. The van der Waals surface area contributed by atoms with Gasteiger partial charge in [0.2, 0.25) is 5.91 Å². The molecule has 1 amide bonds. The number of carbonyl (C=O) groups is 1. The molecule has 1 aromatic carbocycles. The Labute approximate surface area is 131 Å². The van der Waals surface area contributed by atoms with E-state index in [9.17, 15) is 4.79 Å². The fourth-order valence-electron chi connectivity index (χ4n) is 3.12. The molecule has 0 aliphatic carbocycles. The summed E-state index contributed by atoms with van der Waals surface area (Å²) in [5.41, 5.74) is 1.85. The summed E-state index contributed by atoms with van der Waals surface area (Å²) in [5, 5.41) is 8.34. The molecule has 0 atom stereocenters. The molecule has 5 nitrogen and oxygen atoms in total. The van der Waals surface area contributed by atoms with Gasteiger partial charge in [-0.25, -0.2) is 0 Å². The van der Waals surface area contributed by atoms with E-state index in [1.807, 2.05) is 29.2 Å². The molecule has 1 aliphatic heterocycles. The molecule has 22 heavy (non-hydrogen) atoms. The zero-order valence-corrected chi connectivity index (χ0v) is 13.4. The predicted octanol–water partition coefficient (Wildman–Crippen LogP) is 2.05. The van der Waals surface area contributed by atoms with Gasteiger partial charge >= 0.3 is 0 Å². The zero-order valence-electron chi connectivity index (χ0n) is 13.4. The lowest BCUT2D eigenvalue weighted by molar-refractivity contribution is -0.130. The van der Waals surface area contributed by atoms with Gasteiger partial charge in [0.25, 0.3) is 0 Å². The van der Waals surface area contributed by atoms with Crippen LogP contribution in [0.1, 0.15) is 26.0 Å². The van der Waals surface area contributed by atoms with E-state index in [0.717, 1.165) is 49.2 Å². The van der Waals surface area contributed by atoms with E-state index in [4.69, 9.17) is 0 Å². The number of carbonyl (C=O) groups excluding carboxylic acids is 1. The molecule has 1 fully saturated rings. The van der Waals surface area contributed by atoms with Gasteiger partial charge in [0.05, 0.1) is 17.6 Å². The van der Waals surface area contributed by atoms with Crippen LogP contribution in [0.5, 0.6) is 0 Å². The van der Waals surface area contributed by atoms with Crippen molar-refractivity contribution in [3.8, 4) is 0 Å². The van der Waals surface area contributed by atoms with E-state index in [1.165, 1.54) is 0 Å². The van der Waals surface area contributed by atoms with Crippen LogP contribution in [-0.4, -0.2) is 58.1 Å². The molecule has 2 aromatic rings. The first kappa shape index (κ1) is 15.0. The van der Waals surface area contributed by atoms with Crippen molar-refractivity contribution in [2.24, 2.45) is 0 Å². The first-order chi connectivity index (χ1) is 10.6. The minimum Gasteiger partial charge on any atom is -0.341 e. The van der Waals surface area contributed by atoms with Gasteiger partial charge < -0.3 is 4.90 Å². The first-order valence-electron chi connectivity index (χ1n) is 8.09. The second-order valence-electron chi connectivity index (χ2n) is 6.26. The van der Waals surface area contributed by atoms with Crippen molar-refractivity contribution in [1.82, 2.24) is 20.0 Å². The van der Waals surface area contributed by atoms with E-state index >= 15 is 0 Å². The zero-order chi connectivity index (χ0) is 15.5. The van der Waals surface area contributed by atoms with E-state index in [0.29, 0.717) is 12.5 Å². The molecule has 0 spiro atoms. The Morgan fingerprint density at radius 1 is 1.23 bits per heavy atom. The molecule has 0 radical (unpaired) electrons. The molecule has 118 valence electrons. The van der Waals surface area contributed by atoms with Crippen molar-refractivity contribution < 1.29 is 4.79 Å². The SMILES string of the molecule is CC(C)N1CCCN(C(=O)Cc2[nH]nc3ccccc23)CC1. The molecule has 1 aromatic heterocycles. The molecule has 1 aliphatic rings. The van der Waals surface area contributed by atoms with E-state index in [2.05, 4.69) is 28.9 Å². The number of fused-ring (bicyclic) bond motifs is 1. The highest BCUT2D eigenvalue weighted by atomic mass is 16.2. The van der Waals surface area contributed by atoms with E-state index in [1.54, 1.807) is 0 Å². The number of nitrogens with one attached hydrogen (secondary N) is 1. The Morgan fingerprint density at radius 3 is 2.86 bits per heavy atom. The fourth-order valence-corrected chi connectivity index (χ4v) is 3.12. The Hall–Kier alpha value is -1.88. The monoisotopic (exact) mass is 300 g/mol. The molecule has 0 saturated carbocycles. The molecule has 1 N–H and O–H groups in total. The number of nitrogens with zero attached hydrogens (tertiary/aromatic N) is 3. The maximum absolute atomic E-state index is 12.6. The van der Waals surface area contributed by atoms with Crippen molar-refractivity contribution in [2.45, 2.75) is 32.7 Å². The van der Waals surface area contributed by atoms with Crippen LogP contribution in [0.3, 0.4) is 0 Å². The summed E-state index contributed by atoms with van der Waals surface area (Å²) in [5.74, 6) is 0.194. The second-order valence-corrected chi connectivity index (χ2v) is 6.26. The highest BCUT2D eigenvalue weighted by Gasteiger charge is 2.21. The number of H-pyrrole nitrogens is 1. The third kappa shape index (κ3) is 3.14. The largest absolute Gasteiger partial charge is 0.341 e. The highest BCUT2D eigenvalue weighted by Crippen LogP contribution is 2.17. The maximum Gasteiger partial charge on any atom is 0.228 e. The molecule has 0 unspecified atom stereocenters. The minimum absolute atomic E-state index is 0.194. The summed E-state index contributed by atoms with van der Waals surface area (Å²) in [7, 11) is 0. The molecule has 5 heteroatoms. The summed E-state index contributed by atoms with van der Waals surface area (Å²) in [6.07, 6.45) is 1.45. The Bertz CT molecular complexity index is 649. The fraction of sp³-hybridized carbons (Fsp3) is 0.529. The molecule has 0 bridgehead atoms. The van der Waals surface area contributed by atoms with Gasteiger partial charge in [0.1, 0.15) is 0 Å². The van der Waals surface area contributed by atoms with E-state index in [-0.39, 0.29) is 5.91 Å². The Balaban J connectivity index is 1.67. The summed E-state index contributed by atoms with van der Waals surface area (Å²) in [6, 6.07) is 8.48. The van der Waals surface area contributed by atoms with Gasteiger partial charge in [-0.1, -0.05) is 18.2 Å². The smallest absolute Gasteiger partial charge is 0.228 e. The van der Waals surface area contributed by atoms with Crippen LogP contribution in [0, 0.1) is 0 Å². The van der Waals surface area contributed by atoms with Crippen LogP contribution in [0.2, 0.25) is 0 Å². The number of rotatable bonds is 3. The summed E-state index contributed by atoms with van der Waals surface area (Å²) < 4.78 is 0. The molecule has 3 rings (SSSR count). The number of aromatic nitrogens is 2. The van der Waals surface area contributed by atoms with Crippen molar-refractivity contribution >= 4 is 16.8 Å². The standard InChI is InChI=1S/C17H24N4O/c1-13(2)20-8-5-9-21(11-10-20)17(22)12-16-14-6-3-4-7-15(14)18-19-16/h3-4,6-7,13H,5,8-12H2,1-2H3,(H,18,19). The van der Waals surface area contributed by atoms with Crippen LogP contribution in [-0.2, 0) is 11.2 Å². The third-order valence-corrected chi connectivity index (χ3v) is 4.48. The van der Waals surface area contributed by atoms with Gasteiger partial charge in [0.15, 0.2) is 0 Å². The summed E-state index contributed by atoms with van der Waals surface area (Å²) >= 11 is 0. The van der Waals surface area contributed by atoms with Crippen molar-refractivity contribution in [3.63, 3.8) is 0 Å². The number of amides is 1.